The Hall–Kier alpha value is -0.610. The predicted octanol–water partition coefficient (Wildman–Crippen LogP) is 1.42. The zero-order chi connectivity index (χ0) is 12.0. The number of carboxylic acids is 1. The minimum atomic E-state index is -0.808. The second-order valence-electron chi connectivity index (χ2n) is 5.83. The number of carbonyl (C=O) groups is 1. The van der Waals surface area contributed by atoms with E-state index in [1.807, 2.05) is 0 Å². The summed E-state index contributed by atoms with van der Waals surface area (Å²) in [6.45, 7) is 0.538. The Labute approximate surface area is 101 Å². The normalized spacial score (nSPS) is 46.3. The molecule has 4 unspecified atom stereocenters. The maximum Gasteiger partial charge on any atom is 0.312 e. The molecule has 17 heavy (non-hydrogen) atoms. The lowest BCUT2D eigenvalue weighted by Crippen LogP contribution is -2.48. The first-order valence-electron chi connectivity index (χ1n) is 6.69. The summed E-state index contributed by atoms with van der Waals surface area (Å²) in [6, 6.07) is 0. The summed E-state index contributed by atoms with van der Waals surface area (Å²) in [5.41, 5.74) is -0.808. The van der Waals surface area contributed by atoms with Crippen LogP contribution in [0.3, 0.4) is 0 Å². The van der Waals surface area contributed by atoms with Crippen molar-refractivity contribution < 1.29 is 19.7 Å². The van der Waals surface area contributed by atoms with Crippen LogP contribution in [0.2, 0.25) is 0 Å². The number of carboxylic acid groups (broad SMARTS) is 1. The van der Waals surface area contributed by atoms with Gasteiger partial charge in [-0.3, -0.25) is 4.79 Å². The van der Waals surface area contributed by atoms with Crippen molar-refractivity contribution in [1.29, 1.82) is 0 Å². The highest BCUT2D eigenvalue weighted by Crippen LogP contribution is 2.55. The molecule has 1 aliphatic heterocycles. The Morgan fingerprint density at radius 1 is 1.24 bits per heavy atom. The molecule has 3 aliphatic rings. The minimum Gasteiger partial charge on any atom is -0.481 e. The van der Waals surface area contributed by atoms with Gasteiger partial charge in [-0.2, -0.15) is 0 Å². The average molecular weight is 240 g/mol. The number of aliphatic hydroxyl groups excluding tert-OH is 1. The van der Waals surface area contributed by atoms with Crippen LogP contribution in [-0.2, 0) is 9.53 Å². The number of hydrogen-bond acceptors (Lipinski definition) is 3. The van der Waals surface area contributed by atoms with Gasteiger partial charge in [-0.25, -0.2) is 0 Å². The highest BCUT2D eigenvalue weighted by molar-refractivity contribution is 5.76. The lowest BCUT2D eigenvalue weighted by atomic mass is 9.67. The fraction of sp³-hybridized carbons (Fsp3) is 0.923. The van der Waals surface area contributed by atoms with E-state index < -0.39 is 17.5 Å². The molecule has 0 amide bonds. The summed E-state index contributed by atoms with van der Waals surface area (Å²) < 4.78 is 5.72. The maximum absolute atomic E-state index is 11.8. The third-order valence-electron chi connectivity index (χ3n) is 4.91. The molecule has 1 saturated heterocycles. The molecule has 4 nitrogen and oxygen atoms in total. The van der Waals surface area contributed by atoms with Crippen LogP contribution in [0, 0.1) is 17.3 Å². The van der Waals surface area contributed by atoms with Gasteiger partial charge >= 0.3 is 5.97 Å². The van der Waals surface area contributed by atoms with Gasteiger partial charge in [0.2, 0.25) is 0 Å². The van der Waals surface area contributed by atoms with Crippen LogP contribution in [0.25, 0.3) is 0 Å². The quantitative estimate of drug-likeness (QED) is 0.783. The van der Waals surface area contributed by atoms with E-state index in [0.717, 1.165) is 32.1 Å². The van der Waals surface area contributed by atoms with Gasteiger partial charge in [0.25, 0.3) is 0 Å². The van der Waals surface area contributed by atoms with Crippen molar-refractivity contribution in [3.05, 3.63) is 0 Å². The van der Waals surface area contributed by atoms with Crippen LogP contribution >= 0.6 is 0 Å². The van der Waals surface area contributed by atoms with Crippen LogP contribution in [0.15, 0.2) is 0 Å². The van der Waals surface area contributed by atoms with Crippen molar-refractivity contribution in [3.8, 4) is 0 Å². The number of ether oxygens (including phenoxy) is 1. The molecule has 0 aromatic carbocycles. The summed E-state index contributed by atoms with van der Waals surface area (Å²) in [6.07, 6.45) is 4.66. The summed E-state index contributed by atoms with van der Waals surface area (Å²) in [4.78, 5) is 11.8. The standard InChI is InChI=1S/C13H20O4/c14-10-3-1-2-9(10)13(12(15)16)6-7-17-11(13)8-4-5-8/h8-11,14H,1-7H2,(H,15,16). The Balaban J connectivity index is 1.93. The third kappa shape index (κ3) is 1.61. The smallest absolute Gasteiger partial charge is 0.312 e. The molecule has 2 N–H and O–H groups in total. The van der Waals surface area contributed by atoms with Crippen molar-refractivity contribution in [2.24, 2.45) is 17.3 Å². The van der Waals surface area contributed by atoms with Crippen molar-refractivity contribution in [2.45, 2.75) is 50.7 Å². The van der Waals surface area contributed by atoms with Gasteiger partial charge in [0, 0.05) is 12.5 Å². The van der Waals surface area contributed by atoms with E-state index in [2.05, 4.69) is 0 Å². The average Bonchev–Trinajstić information content (AvgIpc) is 2.88. The van der Waals surface area contributed by atoms with E-state index >= 15 is 0 Å². The lowest BCUT2D eigenvalue weighted by Gasteiger charge is -2.37. The number of aliphatic hydroxyl groups is 1. The maximum atomic E-state index is 11.8. The zero-order valence-electron chi connectivity index (χ0n) is 9.97. The molecular formula is C13H20O4. The molecule has 0 spiro atoms. The number of rotatable bonds is 3. The highest BCUT2D eigenvalue weighted by Gasteiger charge is 2.61. The topological polar surface area (TPSA) is 66.8 Å². The molecule has 0 aromatic rings. The Morgan fingerprint density at radius 3 is 2.53 bits per heavy atom. The van der Waals surface area contributed by atoms with E-state index in [9.17, 15) is 15.0 Å². The van der Waals surface area contributed by atoms with Crippen LogP contribution in [0.4, 0.5) is 0 Å². The Bertz CT molecular complexity index is 325. The third-order valence-corrected chi connectivity index (χ3v) is 4.91. The van der Waals surface area contributed by atoms with Gasteiger partial charge in [-0.1, -0.05) is 6.42 Å². The van der Waals surface area contributed by atoms with Crippen LogP contribution < -0.4 is 0 Å². The van der Waals surface area contributed by atoms with Crippen LogP contribution in [-0.4, -0.2) is 35.0 Å². The molecule has 3 rings (SSSR count). The van der Waals surface area contributed by atoms with E-state index in [1.54, 1.807) is 0 Å². The Morgan fingerprint density at radius 2 is 2.00 bits per heavy atom. The first-order chi connectivity index (χ1) is 8.16. The van der Waals surface area contributed by atoms with Crippen molar-refractivity contribution in [1.82, 2.24) is 0 Å². The number of aliphatic carboxylic acids is 1. The fourth-order valence-corrected chi connectivity index (χ4v) is 3.93. The van der Waals surface area contributed by atoms with E-state index in [0.29, 0.717) is 18.9 Å². The van der Waals surface area contributed by atoms with Crippen molar-refractivity contribution in [3.63, 3.8) is 0 Å². The zero-order valence-corrected chi connectivity index (χ0v) is 9.97. The van der Waals surface area contributed by atoms with E-state index in [4.69, 9.17) is 4.74 Å². The lowest BCUT2D eigenvalue weighted by molar-refractivity contribution is -0.161. The van der Waals surface area contributed by atoms with Gasteiger partial charge in [-0.15, -0.1) is 0 Å². The first kappa shape index (κ1) is 11.5. The molecule has 4 heteroatoms. The van der Waals surface area contributed by atoms with Crippen LogP contribution in [0.5, 0.6) is 0 Å². The van der Waals surface area contributed by atoms with Gasteiger partial charge < -0.3 is 14.9 Å². The summed E-state index contributed by atoms with van der Waals surface area (Å²) >= 11 is 0. The molecule has 3 fully saturated rings. The summed E-state index contributed by atoms with van der Waals surface area (Å²) in [7, 11) is 0. The highest BCUT2D eigenvalue weighted by atomic mass is 16.5. The molecule has 96 valence electrons. The molecule has 4 atom stereocenters. The molecule has 2 saturated carbocycles. The second kappa shape index (κ2) is 3.95. The molecule has 1 heterocycles. The largest absolute Gasteiger partial charge is 0.481 e. The molecule has 0 bridgehead atoms. The SMILES string of the molecule is O=C(O)C1(C2CCCC2O)CCOC1C1CC1. The minimum absolute atomic E-state index is 0.104. The second-order valence-corrected chi connectivity index (χ2v) is 5.83. The van der Waals surface area contributed by atoms with E-state index in [-0.39, 0.29) is 12.0 Å². The van der Waals surface area contributed by atoms with Gasteiger partial charge in [0.15, 0.2) is 0 Å². The Kier molecular flexibility index (Phi) is 2.67. The van der Waals surface area contributed by atoms with Crippen molar-refractivity contribution >= 4 is 5.97 Å². The summed E-state index contributed by atoms with van der Waals surface area (Å²) in [5, 5.41) is 19.8. The first-order valence-corrected chi connectivity index (χ1v) is 6.69. The van der Waals surface area contributed by atoms with Gasteiger partial charge in [-0.05, 0) is 38.0 Å². The molecule has 2 aliphatic carbocycles. The molecular weight excluding hydrogens is 220 g/mol. The van der Waals surface area contributed by atoms with Gasteiger partial charge in [0.05, 0.1) is 12.2 Å². The van der Waals surface area contributed by atoms with Gasteiger partial charge in [0.1, 0.15) is 5.41 Å². The van der Waals surface area contributed by atoms with Crippen molar-refractivity contribution in [2.75, 3.05) is 6.61 Å². The fourth-order valence-electron chi connectivity index (χ4n) is 3.93. The van der Waals surface area contributed by atoms with E-state index in [1.165, 1.54) is 0 Å². The molecule has 0 radical (unpaired) electrons. The van der Waals surface area contributed by atoms with Crippen LogP contribution in [0.1, 0.15) is 38.5 Å². The number of hydrogen-bond donors (Lipinski definition) is 2. The predicted molar refractivity (Wildman–Crippen MR) is 60.5 cm³/mol. The molecule has 0 aromatic heterocycles. The summed E-state index contributed by atoms with van der Waals surface area (Å²) in [5.74, 6) is -0.438. The monoisotopic (exact) mass is 240 g/mol.